The van der Waals surface area contributed by atoms with E-state index in [0.29, 0.717) is 11.3 Å². The molecule has 1 saturated carbocycles. The van der Waals surface area contributed by atoms with Gasteiger partial charge in [0.1, 0.15) is 11.7 Å². The Kier molecular flexibility index (Phi) is 6.00. The third-order valence-electron chi connectivity index (χ3n) is 6.35. The van der Waals surface area contributed by atoms with E-state index in [1.54, 1.807) is 22.8 Å². The average Bonchev–Trinajstić information content (AvgIpc) is 3.36. The van der Waals surface area contributed by atoms with Crippen LogP contribution in [0.5, 0.6) is 0 Å². The van der Waals surface area contributed by atoms with Gasteiger partial charge in [-0.05, 0) is 53.5 Å². The van der Waals surface area contributed by atoms with Gasteiger partial charge in [0.15, 0.2) is 0 Å². The van der Waals surface area contributed by atoms with Crippen LogP contribution < -0.4 is 10.7 Å². The molecule has 3 aromatic rings. The number of aliphatic imine (C=N–C) groups is 1. The van der Waals surface area contributed by atoms with E-state index in [9.17, 15) is 9.59 Å². The zero-order valence-corrected chi connectivity index (χ0v) is 20.3. The second kappa shape index (κ2) is 9.08. The summed E-state index contributed by atoms with van der Waals surface area (Å²) in [5.74, 6) is -0.241. The Labute approximate surface area is 204 Å². The minimum absolute atomic E-state index is 0.150. The number of halogens is 1. The summed E-state index contributed by atoms with van der Waals surface area (Å²) in [7, 11) is 1.90. The van der Waals surface area contributed by atoms with Gasteiger partial charge in [0.25, 0.3) is 5.91 Å². The molecule has 1 aliphatic carbocycles. The minimum Gasteiger partial charge on any atom is -0.353 e. The van der Waals surface area contributed by atoms with Crippen molar-refractivity contribution >= 4 is 61.4 Å². The van der Waals surface area contributed by atoms with Gasteiger partial charge in [-0.15, -0.1) is 0 Å². The molecule has 9 nitrogen and oxygen atoms in total. The number of hydrogen-bond acceptors (Lipinski definition) is 5. The van der Waals surface area contributed by atoms with Crippen LogP contribution in [-0.4, -0.2) is 42.8 Å². The van der Waals surface area contributed by atoms with E-state index >= 15 is 0 Å². The van der Waals surface area contributed by atoms with Crippen molar-refractivity contribution in [3.8, 4) is 11.4 Å². The number of carbonyl (C=O) groups is 2. The molecule has 2 amide bonds. The summed E-state index contributed by atoms with van der Waals surface area (Å²) in [6.45, 7) is 0. The van der Waals surface area contributed by atoms with E-state index in [-0.39, 0.29) is 17.7 Å². The maximum atomic E-state index is 13.2. The maximum Gasteiger partial charge on any atom is 0.272 e. The molecular formula is C23H24IN7O2. The first kappa shape index (κ1) is 21.8. The zero-order valence-electron chi connectivity index (χ0n) is 18.1. The fraction of sp³-hybridized carbons (Fsp3) is 0.348. The number of carbonyl (C=O) groups excluding carboxylic acids is 2. The molecular weight excluding hydrogens is 533 g/mol. The predicted octanol–water partition coefficient (Wildman–Crippen LogP) is 4.00. The summed E-state index contributed by atoms with van der Waals surface area (Å²) in [6.07, 6.45) is 10.7. The number of hydrogen-bond donors (Lipinski definition) is 3. The molecule has 2 aromatic heterocycles. The second-order valence-electron chi connectivity index (χ2n) is 8.56. The highest BCUT2D eigenvalue weighted by atomic mass is 127. The molecule has 0 saturated heterocycles. The Hall–Kier alpha value is -3.02. The number of H-pyrrole nitrogens is 1. The largest absolute Gasteiger partial charge is 0.353 e. The number of rotatable bonds is 5. The Morgan fingerprint density at radius 1 is 1.33 bits per heavy atom. The van der Waals surface area contributed by atoms with Crippen molar-refractivity contribution in [1.29, 1.82) is 0 Å². The first-order valence-corrected chi connectivity index (χ1v) is 12.2. The third-order valence-corrected chi connectivity index (χ3v) is 6.67. The monoisotopic (exact) mass is 557 g/mol. The van der Waals surface area contributed by atoms with E-state index < -0.39 is 6.04 Å². The quantitative estimate of drug-likeness (QED) is 0.325. The molecule has 1 aliphatic heterocycles. The fourth-order valence-corrected chi connectivity index (χ4v) is 5.17. The molecule has 2 aliphatic rings. The van der Waals surface area contributed by atoms with Gasteiger partial charge < -0.3 is 14.9 Å². The molecule has 0 unspecified atom stereocenters. The first-order chi connectivity index (χ1) is 16.0. The van der Waals surface area contributed by atoms with Crippen molar-refractivity contribution in [1.82, 2.24) is 20.0 Å². The smallest absolute Gasteiger partial charge is 0.272 e. The number of aryl methyl sites for hydroxylation is 1. The van der Waals surface area contributed by atoms with Crippen molar-refractivity contribution in [2.24, 2.45) is 23.1 Å². The van der Waals surface area contributed by atoms with Crippen LogP contribution in [-0.2, 0) is 11.8 Å². The van der Waals surface area contributed by atoms with E-state index in [2.05, 4.69) is 53.4 Å². The van der Waals surface area contributed by atoms with Crippen LogP contribution in [0.25, 0.3) is 22.3 Å². The summed E-state index contributed by atoms with van der Waals surface area (Å²) in [5, 5.41) is 7.84. The molecule has 3 heterocycles. The van der Waals surface area contributed by atoms with Crippen LogP contribution in [0.15, 0.2) is 34.8 Å². The normalized spacial score (nSPS) is 17.3. The van der Waals surface area contributed by atoms with Gasteiger partial charge in [0.05, 0.1) is 28.0 Å². The molecule has 10 heteroatoms. The molecule has 0 spiro atoms. The van der Waals surface area contributed by atoms with Crippen molar-refractivity contribution in [2.45, 2.75) is 38.1 Å². The number of amides is 2. The van der Waals surface area contributed by atoms with Gasteiger partial charge in [-0.1, -0.05) is 19.3 Å². The predicted molar refractivity (Wildman–Crippen MR) is 137 cm³/mol. The van der Waals surface area contributed by atoms with Crippen LogP contribution in [0, 0.1) is 5.92 Å². The molecule has 0 radical (unpaired) electrons. The number of nitrogens with zero attached hydrogens (tertiary/aromatic N) is 4. The van der Waals surface area contributed by atoms with Crippen molar-refractivity contribution in [3.63, 3.8) is 0 Å². The molecule has 5 rings (SSSR count). The van der Waals surface area contributed by atoms with Crippen LogP contribution in [0.3, 0.4) is 0 Å². The lowest BCUT2D eigenvalue weighted by Gasteiger charge is -2.26. The Bertz CT molecular complexity index is 1280. The molecule has 1 fully saturated rings. The molecule has 3 N–H and O–H groups in total. The molecule has 1 aromatic carbocycles. The summed E-state index contributed by atoms with van der Waals surface area (Å²) < 4.78 is 3.53. The van der Waals surface area contributed by atoms with Crippen LogP contribution >= 0.6 is 22.6 Å². The average molecular weight is 557 g/mol. The number of hydrazone groups is 1. The zero-order chi connectivity index (χ0) is 22.9. The minimum atomic E-state index is -0.433. The van der Waals surface area contributed by atoms with Gasteiger partial charge in [0.2, 0.25) is 5.91 Å². The van der Waals surface area contributed by atoms with Gasteiger partial charge in [0, 0.05) is 35.4 Å². The van der Waals surface area contributed by atoms with Gasteiger partial charge in [-0.2, -0.15) is 5.10 Å². The number of aromatic nitrogens is 3. The van der Waals surface area contributed by atoms with Crippen molar-refractivity contribution in [2.75, 3.05) is 5.32 Å². The summed E-state index contributed by atoms with van der Waals surface area (Å²) in [4.78, 5) is 38.3. The Morgan fingerprint density at radius 3 is 2.88 bits per heavy atom. The summed E-state index contributed by atoms with van der Waals surface area (Å²) >= 11 is 2.06. The highest BCUT2D eigenvalue weighted by Crippen LogP contribution is 2.34. The second-order valence-corrected chi connectivity index (χ2v) is 9.12. The van der Waals surface area contributed by atoms with Gasteiger partial charge in [-0.3, -0.25) is 14.6 Å². The lowest BCUT2D eigenvalue weighted by Crippen LogP contribution is -2.34. The highest BCUT2D eigenvalue weighted by molar-refractivity contribution is 14.1. The van der Waals surface area contributed by atoms with Crippen LogP contribution in [0.4, 0.5) is 5.69 Å². The van der Waals surface area contributed by atoms with Crippen LogP contribution in [0.1, 0.15) is 48.0 Å². The summed E-state index contributed by atoms with van der Waals surface area (Å²) in [5.41, 5.74) is 6.57. The molecule has 33 heavy (non-hydrogen) atoms. The lowest BCUT2D eigenvalue weighted by atomic mass is 9.84. The number of aromatic amines is 1. The Morgan fingerprint density at radius 2 is 2.15 bits per heavy atom. The molecule has 1 atom stereocenters. The number of imidazole rings is 1. The maximum absolute atomic E-state index is 13.2. The molecule has 0 bridgehead atoms. The summed E-state index contributed by atoms with van der Waals surface area (Å²) in [6, 6.07) is 3.12. The van der Waals surface area contributed by atoms with Gasteiger partial charge in [-0.25, -0.2) is 10.4 Å². The third kappa shape index (κ3) is 4.19. The Balaban J connectivity index is 1.54. The van der Waals surface area contributed by atoms with Gasteiger partial charge >= 0.3 is 0 Å². The van der Waals surface area contributed by atoms with E-state index in [1.165, 1.54) is 6.42 Å². The number of nitrogens with one attached hydrogen (secondary N) is 3. The lowest BCUT2D eigenvalue weighted by molar-refractivity contribution is -0.118. The standard InChI is InChI=1S/C23H24IN7O2/c1-31-10-18(26-12-31)21-16-9-27-30-22(32)15-7-14(8-17(29-21)19(15)16)28-23(33)20(25-11-24)13-5-3-2-4-6-13/h7-13,20,29H,2-6H2,1H3,(H,28,33)(H,30,32)/t20-/m1/s1. The van der Waals surface area contributed by atoms with Crippen molar-refractivity contribution in [3.05, 3.63) is 35.8 Å². The van der Waals surface area contributed by atoms with E-state index in [1.807, 2.05) is 23.9 Å². The fourth-order valence-electron chi connectivity index (χ4n) is 4.83. The molecule has 170 valence electrons. The number of benzene rings is 1. The first-order valence-electron chi connectivity index (χ1n) is 11.0. The van der Waals surface area contributed by atoms with Crippen molar-refractivity contribution < 1.29 is 9.59 Å². The topological polar surface area (TPSA) is 117 Å². The van der Waals surface area contributed by atoms with Crippen LogP contribution in [0.2, 0.25) is 0 Å². The van der Waals surface area contributed by atoms with E-state index in [4.69, 9.17) is 0 Å². The number of anilines is 1. The highest BCUT2D eigenvalue weighted by Gasteiger charge is 2.30. The SMILES string of the molecule is Cn1cnc(-c2[nH]c3cc(NC(=O)[C@H](N=CI)C4CCCCC4)cc4c3c2C=NNC4=O)c1. The van der Waals surface area contributed by atoms with E-state index in [0.717, 1.165) is 53.5 Å².